The summed E-state index contributed by atoms with van der Waals surface area (Å²) in [6.45, 7) is 5.34. The molecule has 0 aliphatic heterocycles. The molecule has 0 amide bonds. The molecule has 0 aromatic rings. The van der Waals surface area contributed by atoms with Crippen molar-refractivity contribution in [3.05, 3.63) is 24.3 Å². The Morgan fingerprint density at radius 3 is 1.04 bits per heavy atom. The number of carbonyl (C=O) groups is 6. The Morgan fingerprint density at radius 1 is 0.353 bits per heavy atom. The average Bonchev–Trinajstić information content (AvgIpc) is 3.30. The van der Waals surface area contributed by atoms with E-state index in [4.69, 9.17) is 29.2 Å². The summed E-state index contributed by atoms with van der Waals surface area (Å²) < 4.78 is 22.2. The van der Waals surface area contributed by atoms with Crippen molar-refractivity contribution in [3.63, 3.8) is 0 Å². The highest BCUT2D eigenvalue weighted by Crippen LogP contribution is 2.17. The molecule has 68 heavy (non-hydrogen) atoms. The summed E-state index contributed by atoms with van der Waals surface area (Å²) in [5.41, 5.74) is 0. The molecule has 12 nitrogen and oxygen atoms in total. The van der Waals surface area contributed by atoms with E-state index in [2.05, 4.69) is 38.2 Å². The maximum absolute atomic E-state index is 12.2. The van der Waals surface area contributed by atoms with Crippen molar-refractivity contribution in [2.45, 2.75) is 283 Å². The quantitative estimate of drug-likeness (QED) is 0.0255. The van der Waals surface area contributed by atoms with Crippen LogP contribution in [0.4, 0.5) is 0 Å². The zero-order valence-corrected chi connectivity index (χ0v) is 43.1. The van der Waals surface area contributed by atoms with Crippen molar-refractivity contribution in [3.8, 4) is 0 Å². The van der Waals surface area contributed by atoms with E-state index < -0.39 is 11.9 Å². The van der Waals surface area contributed by atoms with Crippen molar-refractivity contribution in [2.24, 2.45) is 0 Å². The predicted molar refractivity (Wildman–Crippen MR) is 271 cm³/mol. The minimum Gasteiger partial charge on any atom is -0.481 e. The van der Waals surface area contributed by atoms with E-state index in [-0.39, 0.29) is 61.8 Å². The van der Waals surface area contributed by atoms with Gasteiger partial charge in [0, 0.05) is 51.4 Å². The minimum absolute atomic E-state index is 0.0173. The Hall–Kier alpha value is -3.70. The van der Waals surface area contributed by atoms with Crippen molar-refractivity contribution >= 4 is 35.8 Å². The Morgan fingerprint density at radius 2 is 0.676 bits per heavy atom. The first-order valence-corrected chi connectivity index (χ1v) is 27.5. The second-order valence-corrected chi connectivity index (χ2v) is 18.7. The number of hydrogen-bond donors (Lipinski definition) is 2. The van der Waals surface area contributed by atoms with Crippen molar-refractivity contribution in [2.75, 3.05) is 13.2 Å². The number of esters is 4. The lowest BCUT2D eigenvalue weighted by atomic mass is 10.1. The predicted octanol–water partition coefficient (Wildman–Crippen LogP) is 14.8. The molecular weight excluding hydrogens is 865 g/mol. The Kier molecular flexibility index (Phi) is 47.0. The maximum Gasteiger partial charge on any atom is 0.306 e. The van der Waals surface area contributed by atoms with E-state index in [9.17, 15) is 28.8 Å². The monoisotopic (exact) mass is 963 g/mol. The van der Waals surface area contributed by atoms with Gasteiger partial charge >= 0.3 is 35.8 Å². The van der Waals surface area contributed by atoms with Crippen LogP contribution in [0, 0.1) is 0 Å². The normalized spacial score (nSPS) is 12.3. The standard InChI is InChI=1S/C56H98O12/c1-3-5-7-27-37-49(67-55(63)45-35-41-51(57)58)39-29-21-15-9-11-17-23-31-43-53(61)65-47-33-25-19-13-14-20-26-34-48-66-54(62)44-32-24-18-12-10-16-22-30-40-50(38-28-8-6-4-2)68-56(64)46-36-42-52(59)60/h21-22,29-30,49-50H,3-20,23-28,31-48H2,1-2H3,(H,57,58)(H,59,60)/b29-21-,30-22-/t49-,50-/m1/s1. The number of allylic oxidation sites excluding steroid dienone is 2. The van der Waals surface area contributed by atoms with Gasteiger partial charge in [0.2, 0.25) is 0 Å². The van der Waals surface area contributed by atoms with Crippen LogP contribution in [-0.4, -0.2) is 71.5 Å². The van der Waals surface area contributed by atoms with Crippen LogP contribution < -0.4 is 0 Å². The molecule has 0 aliphatic rings. The summed E-state index contributed by atoms with van der Waals surface area (Å²) >= 11 is 0. The molecule has 0 saturated carbocycles. The third-order valence-corrected chi connectivity index (χ3v) is 12.1. The van der Waals surface area contributed by atoms with Gasteiger partial charge in [0.15, 0.2) is 0 Å². The molecular formula is C56H98O12. The topological polar surface area (TPSA) is 180 Å². The molecule has 0 radical (unpaired) electrons. The largest absolute Gasteiger partial charge is 0.481 e. The van der Waals surface area contributed by atoms with Crippen LogP contribution in [0.5, 0.6) is 0 Å². The second kappa shape index (κ2) is 49.7. The van der Waals surface area contributed by atoms with E-state index in [0.717, 1.165) is 167 Å². The van der Waals surface area contributed by atoms with Crippen LogP contribution in [0.15, 0.2) is 24.3 Å². The van der Waals surface area contributed by atoms with Gasteiger partial charge in [-0.3, -0.25) is 28.8 Å². The Balaban J connectivity index is 3.73. The Labute approximate surface area is 412 Å². The van der Waals surface area contributed by atoms with Crippen molar-refractivity contribution in [1.82, 2.24) is 0 Å². The van der Waals surface area contributed by atoms with E-state index >= 15 is 0 Å². The summed E-state index contributed by atoms with van der Waals surface area (Å²) in [6, 6.07) is 0. The Bertz CT molecular complexity index is 1210. The second-order valence-electron chi connectivity index (χ2n) is 18.7. The van der Waals surface area contributed by atoms with Gasteiger partial charge in [-0.15, -0.1) is 0 Å². The van der Waals surface area contributed by atoms with Crippen molar-refractivity contribution in [1.29, 1.82) is 0 Å². The molecule has 0 heterocycles. The highest BCUT2D eigenvalue weighted by molar-refractivity contribution is 5.72. The summed E-state index contributed by atoms with van der Waals surface area (Å²) in [4.78, 5) is 70.1. The number of aliphatic carboxylic acids is 2. The lowest BCUT2D eigenvalue weighted by Gasteiger charge is -2.16. The molecule has 0 unspecified atom stereocenters. The smallest absolute Gasteiger partial charge is 0.306 e. The number of carboxylic acid groups (broad SMARTS) is 2. The zero-order chi connectivity index (χ0) is 50.0. The van der Waals surface area contributed by atoms with Gasteiger partial charge in [0.05, 0.1) is 13.2 Å². The molecule has 2 N–H and O–H groups in total. The van der Waals surface area contributed by atoms with E-state index in [1.807, 2.05) is 0 Å². The fourth-order valence-corrected chi connectivity index (χ4v) is 7.94. The fourth-order valence-electron chi connectivity index (χ4n) is 7.94. The molecule has 0 aromatic carbocycles. The SMILES string of the molecule is CCCCCC[C@H](C/C=C\CCCCCCCC(=O)OCCCCCCCCCCOC(=O)CCCCCCC/C=C\C[C@@H](CCCCCC)OC(=O)CCCC(=O)O)OC(=O)CCCC(=O)O. The molecule has 0 saturated heterocycles. The number of carbonyl (C=O) groups excluding carboxylic acids is 4. The van der Waals surface area contributed by atoms with Crippen LogP contribution in [-0.2, 0) is 47.7 Å². The van der Waals surface area contributed by atoms with Gasteiger partial charge in [0.1, 0.15) is 12.2 Å². The minimum atomic E-state index is -0.894. The van der Waals surface area contributed by atoms with E-state index in [1.165, 1.54) is 25.7 Å². The first-order valence-electron chi connectivity index (χ1n) is 27.5. The number of rotatable bonds is 51. The number of hydrogen-bond acceptors (Lipinski definition) is 10. The number of ether oxygens (including phenoxy) is 4. The van der Waals surface area contributed by atoms with Gasteiger partial charge in [-0.25, -0.2) is 0 Å². The highest BCUT2D eigenvalue weighted by Gasteiger charge is 2.15. The first kappa shape index (κ1) is 64.3. The summed E-state index contributed by atoms with van der Waals surface area (Å²) in [7, 11) is 0. The van der Waals surface area contributed by atoms with E-state index in [0.29, 0.717) is 51.7 Å². The van der Waals surface area contributed by atoms with Gasteiger partial charge in [-0.05, 0) is 89.9 Å². The molecule has 0 aromatic heterocycles. The van der Waals surface area contributed by atoms with E-state index in [1.54, 1.807) is 0 Å². The molecule has 0 rings (SSSR count). The third-order valence-electron chi connectivity index (χ3n) is 12.1. The molecule has 12 heteroatoms. The number of unbranched alkanes of at least 4 members (excludes halogenated alkanes) is 23. The first-order chi connectivity index (χ1) is 33.1. The van der Waals surface area contributed by atoms with Gasteiger partial charge < -0.3 is 29.2 Å². The van der Waals surface area contributed by atoms with Crippen LogP contribution in [0.1, 0.15) is 271 Å². The third kappa shape index (κ3) is 48.7. The van der Waals surface area contributed by atoms with Gasteiger partial charge in [-0.1, -0.05) is 154 Å². The molecule has 0 fully saturated rings. The van der Waals surface area contributed by atoms with Crippen LogP contribution >= 0.6 is 0 Å². The number of carboxylic acids is 2. The fraction of sp³-hybridized carbons (Fsp3) is 0.821. The molecule has 0 aliphatic carbocycles. The van der Waals surface area contributed by atoms with Gasteiger partial charge in [0.25, 0.3) is 0 Å². The molecule has 0 bridgehead atoms. The lowest BCUT2D eigenvalue weighted by Crippen LogP contribution is -2.18. The van der Waals surface area contributed by atoms with Gasteiger partial charge in [-0.2, -0.15) is 0 Å². The van der Waals surface area contributed by atoms with Crippen LogP contribution in [0.3, 0.4) is 0 Å². The molecule has 0 spiro atoms. The van der Waals surface area contributed by atoms with Crippen LogP contribution in [0.25, 0.3) is 0 Å². The summed E-state index contributed by atoms with van der Waals surface area (Å²) in [5, 5.41) is 17.6. The van der Waals surface area contributed by atoms with Crippen molar-refractivity contribution < 1.29 is 57.9 Å². The zero-order valence-electron chi connectivity index (χ0n) is 43.1. The lowest BCUT2D eigenvalue weighted by molar-refractivity contribution is -0.150. The summed E-state index contributed by atoms with van der Waals surface area (Å²) in [5.74, 6) is -2.59. The van der Waals surface area contributed by atoms with Crippen LogP contribution in [0.2, 0.25) is 0 Å². The average molecular weight is 963 g/mol. The molecule has 394 valence electrons. The summed E-state index contributed by atoms with van der Waals surface area (Å²) in [6.07, 6.45) is 43.0. The maximum atomic E-state index is 12.2. The highest BCUT2D eigenvalue weighted by atomic mass is 16.6. The molecule has 2 atom stereocenters.